The van der Waals surface area contributed by atoms with Gasteiger partial charge >= 0.3 is 0 Å². The van der Waals surface area contributed by atoms with E-state index in [4.69, 9.17) is 4.84 Å². The van der Waals surface area contributed by atoms with Gasteiger partial charge in [-0.1, -0.05) is 0 Å². The molecule has 0 bridgehead atoms. The Morgan fingerprint density at radius 2 is 2.36 bits per heavy atom. The highest BCUT2D eigenvalue weighted by atomic mass is 16.7. The van der Waals surface area contributed by atoms with Crippen LogP contribution < -0.4 is 5.32 Å². The number of hydrogen-bond donors (Lipinski definition) is 1. The second-order valence-corrected chi connectivity index (χ2v) is 2.12. The first-order valence-electron chi connectivity index (χ1n) is 3.44. The lowest BCUT2D eigenvalue weighted by atomic mass is 10.4. The van der Waals surface area contributed by atoms with Gasteiger partial charge in [0.2, 0.25) is 5.91 Å². The van der Waals surface area contributed by atoms with Crippen LogP contribution in [-0.4, -0.2) is 36.6 Å². The summed E-state index contributed by atoms with van der Waals surface area (Å²) >= 11 is 0. The number of hydrogen-bond acceptors (Lipinski definition) is 3. The SMILES string of the molecule is CCON1CC(=O)NCC1=O. The van der Waals surface area contributed by atoms with Gasteiger partial charge < -0.3 is 5.32 Å². The Hall–Kier alpha value is -1.10. The highest BCUT2D eigenvalue weighted by Crippen LogP contribution is 1.95. The monoisotopic (exact) mass is 158 g/mol. The predicted octanol–water partition coefficient (Wildman–Crippen LogP) is -1.10. The lowest BCUT2D eigenvalue weighted by Crippen LogP contribution is -2.51. The summed E-state index contributed by atoms with van der Waals surface area (Å²) in [5.74, 6) is -0.385. The molecule has 1 aliphatic heterocycles. The fourth-order valence-electron chi connectivity index (χ4n) is 0.810. The molecule has 0 aromatic carbocycles. The van der Waals surface area contributed by atoms with Crippen molar-refractivity contribution in [2.24, 2.45) is 0 Å². The Morgan fingerprint density at radius 3 is 3.00 bits per heavy atom. The molecule has 1 heterocycles. The molecule has 1 N–H and O–H groups in total. The fraction of sp³-hybridized carbons (Fsp3) is 0.667. The van der Waals surface area contributed by atoms with Crippen molar-refractivity contribution in [3.8, 4) is 0 Å². The van der Waals surface area contributed by atoms with Gasteiger partial charge in [0.05, 0.1) is 13.2 Å². The van der Waals surface area contributed by atoms with E-state index in [0.29, 0.717) is 6.61 Å². The Bertz CT molecular complexity index is 181. The molecular formula is C6H10N2O3. The van der Waals surface area contributed by atoms with Crippen LogP contribution in [0, 0.1) is 0 Å². The molecule has 1 rings (SSSR count). The summed E-state index contributed by atoms with van der Waals surface area (Å²) in [7, 11) is 0. The van der Waals surface area contributed by atoms with Gasteiger partial charge in [0.25, 0.3) is 5.91 Å². The number of piperazine rings is 1. The molecule has 0 aliphatic carbocycles. The number of hydroxylamine groups is 2. The number of amides is 2. The first kappa shape index (κ1) is 8.00. The van der Waals surface area contributed by atoms with Gasteiger partial charge in [-0.25, -0.2) is 5.06 Å². The maximum atomic E-state index is 10.9. The van der Waals surface area contributed by atoms with Crippen molar-refractivity contribution in [1.29, 1.82) is 0 Å². The maximum Gasteiger partial charge on any atom is 0.265 e. The van der Waals surface area contributed by atoms with Gasteiger partial charge in [0, 0.05) is 0 Å². The highest BCUT2D eigenvalue weighted by molar-refractivity contribution is 5.91. The molecule has 5 heteroatoms. The maximum absolute atomic E-state index is 10.9. The van der Waals surface area contributed by atoms with E-state index in [-0.39, 0.29) is 24.9 Å². The van der Waals surface area contributed by atoms with Crippen LogP contribution in [0.4, 0.5) is 0 Å². The molecule has 0 aromatic heterocycles. The van der Waals surface area contributed by atoms with Crippen molar-refractivity contribution in [2.45, 2.75) is 6.92 Å². The summed E-state index contributed by atoms with van der Waals surface area (Å²) < 4.78 is 0. The summed E-state index contributed by atoms with van der Waals surface area (Å²) in [4.78, 5) is 26.5. The second-order valence-electron chi connectivity index (χ2n) is 2.12. The minimum atomic E-state index is -0.202. The zero-order valence-corrected chi connectivity index (χ0v) is 6.29. The molecule has 0 unspecified atom stereocenters. The van der Waals surface area contributed by atoms with Crippen LogP contribution in [0.2, 0.25) is 0 Å². The molecule has 62 valence electrons. The molecule has 0 saturated carbocycles. The molecule has 2 amide bonds. The average Bonchev–Trinajstić information content (AvgIpc) is 1.98. The van der Waals surface area contributed by atoms with Crippen molar-refractivity contribution < 1.29 is 14.4 Å². The summed E-state index contributed by atoms with van der Waals surface area (Å²) in [6.07, 6.45) is 0. The van der Waals surface area contributed by atoms with E-state index < -0.39 is 0 Å². The minimum absolute atomic E-state index is 0.00662. The second kappa shape index (κ2) is 3.34. The summed E-state index contributed by atoms with van der Waals surface area (Å²) in [5, 5.41) is 3.49. The Morgan fingerprint density at radius 1 is 1.64 bits per heavy atom. The summed E-state index contributed by atoms with van der Waals surface area (Å²) in [5.41, 5.74) is 0. The first-order valence-corrected chi connectivity index (χ1v) is 3.44. The van der Waals surface area contributed by atoms with E-state index in [1.54, 1.807) is 6.92 Å². The number of nitrogens with zero attached hydrogens (tertiary/aromatic N) is 1. The van der Waals surface area contributed by atoms with Gasteiger partial charge in [0.15, 0.2) is 0 Å². The zero-order valence-electron chi connectivity index (χ0n) is 6.29. The van der Waals surface area contributed by atoms with Crippen LogP contribution in [0.3, 0.4) is 0 Å². The van der Waals surface area contributed by atoms with Crippen LogP contribution in [0.1, 0.15) is 6.92 Å². The molecule has 0 spiro atoms. The molecule has 1 aliphatic rings. The minimum Gasteiger partial charge on any atom is -0.345 e. The van der Waals surface area contributed by atoms with E-state index >= 15 is 0 Å². The topological polar surface area (TPSA) is 58.6 Å². The normalized spacial score (nSPS) is 18.5. The zero-order chi connectivity index (χ0) is 8.27. The number of carbonyl (C=O) groups excluding carboxylic acids is 2. The lowest BCUT2D eigenvalue weighted by molar-refractivity contribution is -0.190. The molecule has 1 saturated heterocycles. The van der Waals surface area contributed by atoms with E-state index in [1.807, 2.05) is 0 Å². The van der Waals surface area contributed by atoms with E-state index in [2.05, 4.69) is 5.32 Å². The average molecular weight is 158 g/mol. The smallest absolute Gasteiger partial charge is 0.265 e. The first-order chi connectivity index (χ1) is 5.24. The predicted molar refractivity (Wildman–Crippen MR) is 36.3 cm³/mol. The van der Waals surface area contributed by atoms with Gasteiger partial charge in [-0.2, -0.15) is 0 Å². The van der Waals surface area contributed by atoms with Crippen molar-refractivity contribution in [3.63, 3.8) is 0 Å². The lowest BCUT2D eigenvalue weighted by Gasteiger charge is -2.24. The third-order valence-electron chi connectivity index (χ3n) is 1.29. The Balaban J connectivity index is 2.47. The van der Waals surface area contributed by atoms with Crippen molar-refractivity contribution in [3.05, 3.63) is 0 Å². The molecule has 5 nitrogen and oxygen atoms in total. The fourth-order valence-corrected chi connectivity index (χ4v) is 0.810. The van der Waals surface area contributed by atoms with Gasteiger partial charge in [-0.3, -0.25) is 14.4 Å². The third kappa shape index (κ3) is 1.91. The summed E-state index contributed by atoms with van der Waals surface area (Å²) in [6.45, 7) is 2.21. The van der Waals surface area contributed by atoms with Crippen LogP contribution in [0.15, 0.2) is 0 Å². The molecule has 0 aromatic rings. The molecule has 0 atom stereocenters. The van der Waals surface area contributed by atoms with Crippen LogP contribution in [-0.2, 0) is 14.4 Å². The van der Waals surface area contributed by atoms with Crippen LogP contribution >= 0.6 is 0 Å². The number of rotatable bonds is 2. The molecule has 11 heavy (non-hydrogen) atoms. The Kier molecular flexibility index (Phi) is 2.43. The van der Waals surface area contributed by atoms with E-state index in [0.717, 1.165) is 5.06 Å². The van der Waals surface area contributed by atoms with Crippen molar-refractivity contribution >= 4 is 11.8 Å². The highest BCUT2D eigenvalue weighted by Gasteiger charge is 2.23. The van der Waals surface area contributed by atoms with Gasteiger partial charge in [0.1, 0.15) is 6.54 Å². The van der Waals surface area contributed by atoms with E-state index in [1.165, 1.54) is 0 Å². The summed E-state index contributed by atoms with van der Waals surface area (Å²) in [6, 6.07) is 0. The number of nitrogens with one attached hydrogen (secondary N) is 1. The van der Waals surface area contributed by atoms with Crippen LogP contribution in [0.25, 0.3) is 0 Å². The largest absolute Gasteiger partial charge is 0.345 e. The Labute approximate surface area is 64.3 Å². The van der Waals surface area contributed by atoms with Crippen molar-refractivity contribution in [2.75, 3.05) is 19.7 Å². The van der Waals surface area contributed by atoms with Gasteiger partial charge in [-0.05, 0) is 6.92 Å². The molecule has 0 radical (unpaired) electrons. The van der Waals surface area contributed by atoms with Gasteiger partial charge in [-0.15, -0.1) is 0 Å². The quantitative estimate of drug-likeness (QED) is 0.554. The molecular weight excluding hydrogens is 148 g/mol. The number of carbonyl (C=O) groups is 2. The van der Waals surface area contributed by atoms with Crippen LogP contribution in [0.5, 0.6) is 0 Å². The molecule has 1 fully saturated rings. The third-order valence-corrected chi connectivity index (χ3v) is 1.29. The van der Waals surface area contributed by atoms with Crippen molar-refractivity contribution in [1.82, 2.24) is 10.4 Å². The van der Waals surface area contributed by atoms with E-state index in [9.17, 15) is 9.59 Å². The standard InChI is InChI=1S/C6H10N2O3/c1-2-11-8-4-5(9)7-3-6(8)10/h2-4H2,1H3,(H,7,9).